The molecular formula is C20H28N2O3. The van der Waals surface area contributed by atoms with Crippen molar-refractivity contribution >= 4 is 11.8 Å². The van der Waals surface area contributed by atoms with Gasteiger partial charge in [-0.15, -0.1) is 0 Å². The first-order chi connectivity index (χ1) is 12.2. The van der Waals surface area contributed by atoms with Crippen molar-refractivity contribution in [3.8, 4) is 5.75 Å². The summed E-state index contributed by atoms with van der Waals surface area (Å²) in [7, 11) is 1.64. The highest BCUT2D eigenvalue weighted by molar-refractivity contribution is 5.81. The number of piperidine rings is 1. The summed E-state index contributed by atoms with van der Waals surface area (Å²) in [5.41, 5.74) is 1.13. The molecule has 5 heteroatoms. The van der Waals surface area contributed by atoms with Gasteiger partial charge in [0.1, 0.15) is 5.75 Å². The second-order valence-electron chi connectivity index (χ2n) is 7.22. The van der Waals surface area contributed by atoms with Crippen molar-refractivity contribution < 1.29 is 14.3 Å². The summed E-state index contributed by atoms with van der Waals surface area (Å²) >= 11 is 0. The second-order valence-corrected chi connectivity index (χ2v) is 7.22. The van der Waals surface area contributed by atoms with E-state index in [1.807, 2.05) is 29.2 Å². The van der Waals surface area contributed by atoms with Crippen molar-refractivity contribution in [1.29, 1.82) is 0 Å². The molecule has 1 aliphatic carbocycles. The van der Waals surface area contributed by atoms with Crippen LogP contribution in [-0.4, -0.2) is 43.5 Å². The third-order valence-electron chi connectivity index (χ3n) is 5.19. The first-order valence-corrected chi connectivity index (χ1v) is 9.34. The van der Waals surface area contributed by atoms with Gasteiger partial charge in [-0.1, -0.05) is 12.1 Å². The van der Waals surface area contributed by atoms with Crippen LogP contribution in [0.3, 0.4) is 0 Å². The Bertz CT molecular complexity index is 595. The smallest absolute Gasteiger partial charge is 0.224 e. The number of carbonyl (C=O) groups is 2. The fourth-order valence-electron chi connectivity index (χ4n) is 3.33. The van der Waals surface area contributed by atoms with E-state index < -0.39 is 0 Å². The van der Waals surface area contributed by atoms with Gasteiger partial charge in [-0.05, 0) is 55.7 Å². The van der Waals surface area contributed by atoms with Crippen LogP contribution in [0.5, 0.6) is 5.75 Å². The number of rotatable bonds is 7. The first kappa shape index (κ1) is 17.8. The lowest BCUT2D eigenvalue weighted by molar-refractivity contribution is -0.135. The monoisotopic (exact) mass is 344 g/mol. The van der Waals surface area contributed by atoms with Gasteiger partial charge in [-0.25, -0.2) is 0 Å². The van der Waals surface area contributed by atoms with E-state index in [0.717, 1.165) is 43.7 Å². The van der Waals surface area contributed by atoms with Gasteiger partial charge in [-0.3, -0.25) is 9.59 Å². The maximum Gasteiger partial charge on any atom is 0.224 e. The zero-order valence-corrected chi connectivity index (χ0v) is 15.0. The highest BCUT2D eigenvalue weighted by atomic mass is 16.5. The summed E-state index contributed by atoms with van der Waals surface area (Å²) in [5, 5.41) is 3.05. The van der Waals surface area contributed by atoms with Crippen LogP contribution >= 0.6 is 0 Å². The Hall–Kier alpha value is -2.04. The van der Waals surface area contributed by atoms with Crippen LogP contribution < -0.4 is 10.1 Å². The number of likely N-dealkylation sites (tertiary alicyclic amines) is 1. The van der Waals surface area contributed by atoms with E-state index in [1.165, 1.54) is 12.8 Å². The zero-order chi connectivity index (χ0) is 17.6. The highest BCUT2D eigenvalue weighted by Crippen LogP contribution is 2.28. The number of benzene rings is 1. The lowest BCUT2D eigenvalue weighted by Crippen LogP contribution is -2.45. The van der Waals surface area contributed by atoms with E-state index in [-0.39, 0.29) is 17.7 Å². The molecule has 2 fully saturated rings. The quantitative estimate of drug-likeness (QED) is 0.826. The molecule has 1 heterocycles. The molecule has 1 N–H and O–H groups in total. The second kappa shape index (κ2) is 8.37. The van der Waals surface area contributed by atoms with Crippen LogP contribution in [-0.2, 0) is 16.0 Å². The zero-order valence-electron chi connectivity index (χ0n) is 15.0. The van der Waals surface area contributed by atoms with Crippen molar-refractivity contribution in [3.63, 3.8) is 0 Å². The number of hydrogen-bond acceptors (Lipinski definition) is 3. The molecule has 0 spiro atoms. The predicted molar refractivity (Wildman–Crippen MR) is 96.4 cm³/mol. The van der Waals surface area contributed by atoms with Crippen molar-refractivity contribution in [2.75, 3.05) is 26.7 Å². The molecule has 136 valence electrons. The SMILES string of the molecule is COc1ccc(CCC(=O)N2CCC[C@H](C(=O)NCC3CC3)C2)cc1. The number of aryl methyl sites for hydroxylation is 1. The highest BCUT2D eigenvalue weighted by Gasteiger charge is 2.29. The minimum atomic E-state index is -0.0440. The molecule has 1 saturated heterocycles. The number of ether oxygens (including phenoxy) is 1. The maximum absolute atomic E-state index is 12.5. The average molecular weight is 344 g/mol. The third kappa shape index (κ3) is 5.21. The van der Waals surface area contributed by atoms with Gasteiger partial charge in [0.15, 0.2) is 0 Å². The van der Waals surface area contributed by atoms with E-state index in [9.17, 15) is 9.59 Å². The summed E-state index contributed by atoms with van der Waals surface area (Å²) in [6.45, 7) is 2.15. The van der Waals surface area contributed by atoms with Crippen molar-refractivity contribution in [2.24, 2.45) is 11.8 Å². The normalized spacial score (nSPS) is 20.2. The van der Waals surface area contributed by atoms with Crippen molar-refractivity contribution in [1.82, 2.24) is 10.2 Å². The minimum Gasteiger partial charge on any atom is -0.497 e. The van der Waals surface area contributed by atoms with E-state index in [4.69, 9.17) is 4.74 Å². The molecule has 1 aromatic rings. The molecule has 1 saturated carbocycles. The number of hydrogen-bond donors (Lipinski definition) is 1. The Morgan fingerprint density at radius 3 is 2.64 bits per heavy atom. The molecule has 2 aliphatic rings. The van der Waals surface area contributed by atoms with Gasteiger partial charge in [0.2, 0.25) is 11.8 Å². The number of nitrogens with one attached hydrogen (secondary N) is 1. The number of carbonyl (C=O) groups excluding carboxylic acids is 2. The minimum absolute atomic E-state index is 0.0440. The molecule has 1 aromatic carbocycles. The summed E-state index contributed by atoms with van der Waals surface area (Å²) in [5.74, 6) is 1.74. The van der Waals surface area contributed by atoms with Crippen LogP contribution in [0, 0.1) is 11.8 Å². The van der Waals surface area contributed by atoms with Gasteiger partial charge >= 0.3 is 0 Å². The largest absolute Gasteiger partial charge is 0.497 e. The Balaban J connectivity index is 1.44. The fraction of sp³-hybridized carbons (Fsp3) is 0.600. The van der Waals surface area contributed by atoms with Crippen LogP contribution in [0.1, 0.15) is 37.7 Å². The van der Waals surface area contributed by atoms with Gasteiger partial charge in [0.25, 0.3) is 0 Å². The molecule has 1 aliphatic heterocycles. The molecule has 2 amide bonds. The molecule has 0 radical (unpaired) electrons. The summed E-state index contributed by atoms with van der Waals surface area (Å²) in [6, 6.07) is 7.83. The molecule has 0 unspecified atom stereocenters. The van der Waals surface area contributed by atoms with E-state index in [2.05, 4.69) is 5.32 Å². The molecule has 25 heavy (non-hydrogen) atoms. The summed E-state index contributed by atoms with van der Waals surface area (Å²) in [6.07, 6.45) is 5.48. The van der Waals surface area contributed by atoms with Gasteiger partial charge in [-0.2, -0.15) is 0 Å². The van der Waals surface area contributed by atoms with E-state index in [0.29, 0.717) is 18.9 Å². The molecule has 3 rings (SSSR count). The standard InChI is InChI=1S/C20H28N2O3/c1-25-18-9-6-15(7-10-18)8-11-19(23)22-12-2-3-17(14-22)20(24)21-13-16-4-5-16/h6-7,9-10,16-17H,2-5,8,11-14H2,1H3,(H,21,24)/t17-/m0/s1. The molecule has 5 nitrogen and oxygen atoms in total. The predicted octanol–water partition coefficient (Wildman–Crippen LogP) is 2.39. The summed E-state index contributed by atoms with van der Waals surface area (Å²) in [4.78, 5) is 26.7. The maximum atomic E-state index is 12.5. The van der Waals surface area contributed by atoms with Crippen LogP contribution in [0.15, 0.2) is 24.3 Å². The lowest BCUT2D eigenvalue weighted by Gasteiger charge is -2.32. The Kier molecular flexibility index (Phi) is 5.95. The molecule has 1 atom stereocenters. The Morgan fingerprint density at radius 2 is 1.96 bits per heavy atom. The third-order valence-corrected chi connectivity index (χ3v) is 5.19. The van der Waals surface area contributed by atoms with Crippen molar-refractivity contribution in [2.45, 2.75) is 38.5 Å². The first-order valence-electron chi connectivity index (χ1n) is 9.34. The van der Waals surface area contributed by atoms with Gasteiger partial charge in [0.05, 0.1) is 13.0 Å². The summed E-state index contributed by atoms with van der Waals surface area (Å²) < 4.78 is 5.15. The van der Waals surface area contributed by atoms with Crippen LogP contribution in [0.2, 0.25) is 0 Å². The fourth-order valence-corrected chi connectivity index (χ4v) is 3.33. The average Bonchev–Trinajstić information content (AvgIpc) is 3.49. The number of methoxy groups -OCH3 is 1. The van der Waals surface area contributed by atoms with Crippen LogP contribution in [0.4, 0.5) is 0 Å². The topological polar surface area (TPSA) is 58.6 Å². The Labute approximate surface area is 149 Å². The number of nitrogens with zero attached hydrogens (tertiary/aromatic N) is 1. The molecular weight excluding hydrogens is 316 g/mol. The number of amides is 2. The van der Waals surface area contributed by atoms with Crippen LogP contribution in [0.25, 0.3) is 0 Å². The lowest BCUT2D eigenvalue weighted by atomic mass is 9.96. The van der Waals surface area contributed by atoms with E-state index in [1.54, 1.807) is 7.11 Å². The van der Waals surface area contributed by atoms with Gasteiger partial charge < -0.3 is 15.0 Å². The Morgan fingerprint density at radius 1 is 1.20 bits per heavy atom. The van der Waals surface area contributed by atoms with Crippen molar-refractivity contribution in [3.05, 3.63) is 29.8 Å². The molecule has 0 aromatic heterocycles. The van der Waals surface area contributed by atoms with Gasteiger partial charge in [0, 0.05) is 26.1 Å². The molecule has 0 bridgehead atoms. The van der Waals surface area contributed by atoms with E-state index >= 15 is 0 Å².